The first kappa shape index (κ1) is 13.0. The van der Waals surface area contributed by atoms with Crippen molar-refractivity contribution in [1.82, 2.24) is 20.8 Å². The molecule has 1 aliphatic rings. The molecule has 1 saturated carbocycles. The SMILES string of the molecule is CCNC1CCC(NC(=O)c2ccnnc2)CC1. The van der Waals surface area contributed by atoms with Gasteiger partial charge in [-0.2, -0.15) is 10.2 Å². The smallest absolute Gasteiger partial charge is 0.253 e. The van der Waals surface area contributed by atoms with Crippen LogP contribution in [0.15, 0.2) is 18.5 Å². The fourth-order valence-corrected chi connectivity index (χ4v) is 2.42. The van der Waals surface area contributed by atoms with Gasteiger partial charge in [0.05, 0.1) is 18.0 Å². The normalized spacial score (nSPS) is 23.6. The molecule has 1 aromatic heterocycles. The zero-order valence-corrected chi connectivity index (χ0v) is 10.7. The summed E-state index contributed by atoms with van der Waals surface area (Å²) >= 11 is 0. The quantitative estimate of drug-likeness (QED) is 0.838. The van der Waals surface area contributed by atoms with Crippen LogP contribution in [0.4, 0.5) is 0 Å². The second kappa shape index (κ2) is 6.44. The summed E-state index contributed by atoms with van der Waals surface area (Å²) in [5.41, 5.74) is 0.582. The minimum absolute atomic E-state index is 0.0446. The molecule has 0 atom stereocenters. The summed E-state index contributed by atoms with van der Waals surface area (Å²) < 4.78 is 0. The van der Waals surface area contributed by atoms with Crippen LogP contribution in [0.3, 0.4) is 0 Å². The van der Waals surface area contributed by atoms with Crippen molar-refractivity contribution in [2.45, 2.75) is 44.7 Å². The lowest BCUT2D eigenvalue weighted by Gasteiger charge is -2.29. The Morgan fingerprint density at radius 3 is 2.61 bits per heavy atom. The molecule has 1 fully saturated rings. The molecule has 0 bridgehead atoms. The van der Waals surface area contributed by atoms with E-state index in [1.165, 1.54) is 12.4 Å². The number of amides is 1. The van der Waals surface area contributed by atoms with E-state index in [1.807, 2.05) is 0 Å². The Labute approximate surface area is 107 Å². The summed E-state index contributed by atoms with van der Waals surface area (Å²) in [5, 5.41) is 13.9. The molecule has 2 N–H and O–H groups in total. The van der Waals surface area contributed by atoms with Crippen LogP contribution >= 0.6 is 0 Å². The zero-order valence-electron chi connectivity index (χ0n) is 10.7. The van der Waals surface area contributed by atoms with Crippen molar-refractivity contribution >= 4 is 5.91 Å². The summed E-state index contributed by atoms with van der Waals surface area (Å²) in [7, 11) is 0. The molecule has 1 amide bonds. The molecule has 0 saturated heterocycles. The van der Waals surface area contributed by atoms with Crippen LogP contribution in [-0.2, 0) is 0 Å². The average Bonchev–Trinajstić information content (AvgIpc) is 2.42. The Bertz CT molecular complexity index is 374. The van der Waals surface area contributed by atoms with Crippen LogP contribution < -0.4 is 10.6 Å². The molecule has 5 heteroatoms. The number of nitrogens with zero attached hydrogens (tertiary/aromatic N) is 2. The van der Waals surface area contributed by atoms with Crippen molar-refractivity contribution in [3.05, 3.63) is 24.0 Å². The third-order valence-corrected chi connectivity index (χ3v) is 3.40. The molecule has 98 valence electrons. The Morgan fingerprint density at radius 1 is 1.28 bits per heavy atom. The van der Waals surface area contributed by atoms with E-state index in [1.54, 1.807) is 6.07 Å². The highest BCUT2D eigenvalue weighted by molar-refractivity contribution is 5.93. The number of carbonyl (C=O) groups excluding carboxylic acids is 1. The fourth-order valence-electron chi connectivity index (χ4n) is 2.42. The van der Waals surface area contributed by atoms with Gasteiger partial charge in [0.15, 0.2) is 0 Å². The number of hydrogen-bond acceptors (Lipinski definition) is 4. The third kappa shape index (κ3) is 3.50. The highest BCUT2D eigenvalue weighted by Gasteiger charge is 2.22. The van der Waals surface area contributed by atoms with Crippen molar-refractivity contribution in [1.29, 1.82) is 0 Å². The van der Waals surface area contributed by atoms with Crippen LogP contribution in [0.25, 0.3) is 0 Å². The van der Waals surface area contributed by atoms with Gasteiger partial charge in [0, 0.05) is 12.1 Å². The van der Waals surface area contributed by atoms with Gasteiger partial charge in [-0.05, 0) is 38.3 Å². The summed E-state index contributed by atoms with van der Waals surface area (Å²) in [6, 6.07) is 2.60. The van der Waals surface area contributed by atoms with Gasteiger partial charge in [-0.25, -0.2) is 0 Å². The van der Waals surface area contributed by atoms with Gasteiger partial charge >= 0.3 is 0 Å². The first-order chi connectivity index (χ1) is 8.79. The third-order valence-electron chi connectivity index (χ3n) is 3.40. The zero-order chi connectivity index (χ0) is 12.8. The Morgan fingerprint density at radius 2 is 2.00 bits per heavy atom. The Kier molecular flexibility index (Phi) is 4.64. The maximum atomic E-state index is 11.9. The molecule has 2 rings (SSSR count). The molecule has 1 heterocycles. The fraction of sp³-hybridized carbons (Fsp3) is 0.615. The molecule has 0 radical (unpaired) electrons. The molecule has 1 aromatic rings. The lowest BCUT2D eigenvalue weighted by molar-refractivity contribution is 0.0924. The summed E-state index contributed by atoms with van der Waals surface area (Å²) in [6.07, 6.45) is 7.39. The number of carbonyl (C=O) groups is 1. The number of nitrogens with one attached hydrogen (secondary N) is 2. The lowest BCUT2D eigenvalue weighted by Crippen LogP contribution is -2.42. The summed E-state index contributed by atoms with van der Waals surface area (Å²) in [5.74, 6) is -0.0446. The van der Waals surface area contributed by atoms with Crippen LogP contribution in [0.1, 0.15) is 43.0 Å². The predicted molar refractivity (Wildman–Crippen MR) is 69.2 cm³/mol. The largest absolute Gasteiger partial charge is 0.349 e. The van der Waals surface area contributed by atoms with E-state index in [2.05, 4.69) is 27.8 Å². The van der Waals surface area contributed by atoms with Gasteiger partial charge in [-0.1, -0.05) is 6.92 Å². The van der Waals surface area contributed by atoms with E-state index in [4.69, 9.17) is 0 Å². The Balaban J connectivity index is 1.80. The monoisotopic (exact) mass is 248 g/mol. The van der Waals surface area contributed by atoms with E-state index in [9.17, 15) is 4.79 Å². The first-order valence-corrected chi connectivity index (χ1v) is 6.60. The van der Waals surface area contributed by atoms with Gasteiger partial charge < -0.3 is 10.6 Å². The highest BCUT2D eigenvalue weighted by atomic mass is 16.1. The van der Waals surface area contributed by atoms with Crippen molar-refractivity contribution in [2.75, 3.05) is 6.54 Å². The van der Waals surface area contributed by atoms with Crippen molar-refractivity contribution in [3.63, 3.8) is 0 Å². The van der Waals surface area contributed by atoms with Crippen molar-refractivity contribution in [3.8, 4) is 0 Å². The number of aromatic nitrogens is 2. The van der Waals surface area contributed by atoms with Crippen LogP contribution in [0.2, 0.25) is 0 Å². The molecule has 0 aromatic carbocycles. The van der Waals surface area contributed by atoms with Gasteiger partial charge in [0.2, 0.25) is 0 Å². The van der Waals surface area contributed by atoms with Crippen molar-refractivity contribution in [2.24, 2.45) is 0 Å². The minimum atomic E-state index is -0.0446. The Hall–Kier alpha value is -1.49. The van der Waals surface area contributed by atoms with E-state index in [0.717, 1.165) is 32.2 Å². The molecule has 1 aliphatic carbocycles. The van der Waals surface area contributed by atoms with Gasteiger partial charge in [-0.3, -0.25) is 4.79 Å². The first-order valence-electron chi connectivity index (χ1n) is 6.60. The van der Waals surface area contributed by atoms with E-state index in [0.29, 0.717) is 17.6 Å². The van der Waals surface area contributed by atoms with Crippen LogP contribution in [0, 0.1) is 0 Å². The molecule has 0 unspecified atom stereocenters. The van der Waals surface area contributed by atoms with Crippen LogP contribution in [-0.4, -0.2) is 34.7 Å². The molecule has 18 heavy (non-hydrogen) atoms. The minimum Gasteiger partial charge on any atom is -0.349 e. The van der Waals surface area contributed by atoms with E-state index < -0.39 is 0 Å². The van der Waals surface area contributed by atoms with E-state index >= 15 is 0 Å². The summed E-state index contributed by atoms with van der Waals surface area (Å²) in [6.45, 7) is 3.15. The van der Waals surface area contributed by atoms with Crippen LogP contribution in [0.5, 0.6) is 0 Å². The second-order valence-corrected chi connectivity index (χ2v) is 4.71. The van der Waals surface area contributed by atoms with Gasteiger partial charge in [-0.15, -0.1) is 0 Å². The van der Waals surface area contributed by atoms with Gasteiger partial charge in [0.1, 0.15) is 0 Å². The number of hydrogen-bond donors (Lipinski definition) is 2. The number of rotatable bonds is 4. The second-order valence-electron chi connectivity index (χ2n) is 4.71. The molecular weight excluding hydrogens is 228 g/mol. The van der Waals surface area contributed by atoms with Gasteiger partial charge in [0.25, 0.3) is 5.91 Å². The maximum Gasteiger partial charge on any atom is 0.253 e. The lowest BCUT2D eigenvalue weighted by atomic mass is 9.91. The maximum absolute atomic E-state index is 11.9. The highest BCUT2D eigenvalue weighted by Crippen LogP contribution is 2.18. The summed E-state index contributed by atoms with van der Waals surface area (Å²) in [4.78, 5) is 11.9. The molecule has 0 aliphatic heterocycles. The predicted octanol–water partition coefficient (Wildman–Crippen LogP) is 1.13. The standard InChI is InChI=1S/C13H20N4O/c1-2-14-11-3-5-12(6-4-11)17-13(18)10-7-8-15-16-9-10/h7-9,11-12,14H,2-6H2,1H3,(H,17,18). The van der Waals surface area contributed by atoms with E-state index in [-0.39, 0.29) is 5.91 Å². The average molecular weight is 248 g/mol. The molecule has 5 nitrogen and oxygen atoms in total. The molecular formula is C13H20N4O. The molecule has 0 spiro atoms. The van der Waals surface area contributed by atoms with Crippen molar-refractivity contribution < 1.29 is 4.79 Å². The topological polar surface area (TPSA) is 66.9 Å².